The molecule has 138 valence electrons. The normalized spacial score (nSPS) is 17.0. The lowest BCUT2D eigenvalue weighted by atomic mass is 9.95. The molecule has 5 nitrogen and oxygen atoms in total. The van der Waals surface area contributed by atoms with Crippen LogP contribution in [0.2, 0.25) is 0 Å². The van der Waals surface area contributed by atoms with Crippen molar-refractivity contribution in [3.05, 3.63) is 53.6 Å². The Morgan fingerprint density at radius 1 is 1.12 bits per heavy atom. The van der Waals surface area contributed by atoms with Crippen molar-refractivity contribution in [1.29, 1.82) is 0 Å². The second-order valence-corrected chi connectivity index (χ2v) is 6.90. The van der Waals surface area contributed by atoms with Crippen LogP contribution in [0.5, 0.6) is 5.75 Å². The Kier molecular flexibility index (Phi) is 6.12. The molecule has 1 aliphatic rings. The highest BCUT2D eigenvalue weighted by Gasteiger charge is 2.13. The van der Waals surface area contributed by atoms with E-state index in [0.717, 1.165) is 31.2 Å². The number of nitrogens with one attached hydrogen (secondary N) is 1. The summed E-state index contributed by atoms with van der Waals surface area (Å²) in [5.74, 6) is 1.40. The van der Waals surface area contributed by atoms with E-state index >= 15 is 0 Å². The van der Waals surface area contributed by atoms with Crippen LogP contribution in [0.1, 0.15) is 41.6 Å². The topological polar surface area (TPSA) is 90.4 Å². The van der Waals surface area contributed by atoms with Crippen LogP contribution in [0.15, 0.2) is 42.5 Å². The second kappa shape index (κ2) is 8.72. The predicted octanol–water partition coefficient (Wildman–Crippen LogP) is 3.24. The van der Waals surface area contributed by atoms with E-state index < -0.39 is 0 Å². The van der Waals surface area contributed by atoms with E-state index in [1.807, 2.05) is 12.1 Å². The van der Waals surface area contributed by atoms with Crippen LogP contribution in [0.25, 0.3) is 0 Å². The molecule has 1 heterocycles. The summed E-state index contributed by atoms with van der Waals surface area (Å²) in [6.45, 7) is 2.94. The van der Waals surface area contributed by atoms with Gasteiger partial charge in [-0.1, -0.05) is 12.1 Å². The number of hydrogen-bond acceptors (Lipinski definition) is 5. The molecule has 1 fully saturated rings. The van der Waals surface area contributed by atoms with Gasteiger partial charge in [0.1, 0.15) is 5.75 Å². The van der Waals surface area contributed by atoms with Gasteiger partial charge in [0.15, 0.2) is 5.78 Å². The number of benzene rings is 2. The number of nitrogen functional groups attached to an aromatic ring is 2. The van der Waals surface area contributed by atoms with E-state index in [1.165, 1.54) is 19.3 Å². The zero-order chi connectivity index (χ0) is 18.4. The molecule has 26 heavy (non-hydrogen) atoms. The first-order valence-corrected chi connectivity index (χ1v) is 9.27. The van der Waals surface area contributed by atoms with E-state index in [4.69, 9.17) is 16.2 Å². The van der Waals surface area contributed by atoms with Crippen molar-refractivity contribution in [3.8, 4) is 5.75 Å². The molecule has 0 radical (unpaired) electrons. The van der Waals surface area contributed by atoms with Crippen molar-refractivity contribution in [2.75, 3.05) is 31.2 Å². The summed E-state index contributed by atoms with van der Waals surface area (Å²) < 4.78 is 5.85. The second-order valence-electron chi connectivity index (χ2n) is 6.90. The maximum absolute atomic E-state index is 12.6. The molecule has 0 bridgehead atoms. The molecule has 5 heteroatoms. The lowest BCUT2D eigenvalue weighted by Gasteiger charge is -2.22. The number of carbonyl (C=O) groups is 1. The smallest absolute Gasteiger partial charge is 0.193 e. The lowest BCUT2D eigenvalue weighted by molar-refractivity contribution is 0.103. The van der Waals surface area contributed by atoms with Crippen molar-refractivity contribution >= 4 is 17.2 Å². The van der Waals surface area contributed by atoms with Gasteiger partial charge in [-0.2, -0.15) is 0 Å². The molecule has 2 aromatic carbocycles. The van der Waals surface area contributed by atoms with Crippen LogP contribution in [-0.2, 0) is 0 Å². The monoisotopic (exact) mass is 353 g/mol. The Balaban J connectivity index is 1.55. The fraction of sp³-hybridized carbons (Fsp3) is 0.381. The number of carbonyl (C=O) groups excluding carboxylic acids is 1. The van der Waals surface area contributed by atoms with E-state index in [9.17, 15) is 4.79 Å². The molecule has 2 aromatic rings. The third kappa shape index (κ3) is 4.76. The van der Waals surface area contributed by atoms with Gasteiger partial charge in [0.25, 0.3) is 0 Å². The van der Waals surface area contributed by atoms with Gasteiger partial charge in [0.05, 0.1) is 18.0 Å². The Morgan fingerprint density at radius 2 is 1.96 bits per heavy atom. The average molecular weight is 353 g/mol. The van der Waals surface area contributed by atoms with Crippen LogP contribution in [-0.4, -0.2) is 25.5 Å². The van der Waals surface area contributed by atoms with E-state index in [0.29, 0.717) is 29.1 Å². The molecular formula is C21H27N3O2. The highest BCUT2D eigenvalue weighted by molar-refractivity contribution is 6.10. The van der Waals surface area contributed by atoms with Crippen molar-refractivity contribution < 1.29 is 9.53 Å². The third-order valence-electron chi connectivity index (χ3n) is 4.87. The summed E-state index contributed by atoms with van der Waals surface area (Å²) in [4.78, 5) is 12.6. The number of piperidine rings is 1. The van der Waals surface area contributed by atoms with Gasteiger partial charge in [-0.05, 0) is 75.0 Å². The molecule has 1 unspecified atom stereocenters. The molecule has 0 aromatic heterocycles. The molecule has 0 spiro atoms. The number of rotatable bonds is 7. The largest absolute Gasteiger partial charge is 0.494 e. The Bertz CT molecular complexity index is 755. The van der Waals surface area contributed by atoms with Gasteiger partial charge in [-0.25, -0.2) is 0 Å². The number of anilines is 2. The first kappa shape index (κ1) is 18.3. The van der Waals surface area contributed by atoms with Crippen molar-refractivity contribution in [1.82, 2.24) is 5.32 Å². The predicted molar refractivity (Wildman–Crippen MR) is 105 cm³/mol. The highest BCUT2D eigenvalue weighted by Crippen LogP contribution is 2.21. The van der Waals surface area contributed by atoms with Crippen LogP contribution < -0.4 is 21.5 Å². The van der Waals surface area contributed by atoms with Gasteiger partial charge < -0.3 is 21.5 Å². The minimum Gasteiger partial charge on any atom is -0.494 e. The SMILES string of the molecule is Nc1ccc(C(=O)c2cccc(OCCCC3CCCNC3)c2)cc1N. The Morgan fingerprint density at radius 3 is 2.73 bits per heavy atom. The van der Waals surface area contributed by atoms with Gasteiger partial charge in [0.2, 0.25) is 0 Å². The molecule has 1 saturated heterocycles. The first-order chi connectivity index (χ1) is 12.6. The molecule has 0 aliphatic carbocycles. The summed E-state index contributed by atoms with van der Waals surface area (Å²) in [5, 5.41) is 3.44. The molecular weight excluding hydrogens is 326 g/mol. The third-order valence-corrected chi connectivity index (χ3v) is 4.87. The van der Waals surface area contributed by atoms with Gasteiger partial charge >= 0.3 is 0 Å². The summed E-state index contributed by atoms with van der Waals surface area (Å²) in [7, 11) is 0. The summed E-state index contributed by atoms with van der Waals surface area (Å²) in [6.07, 6.45) is 4.78. The fourth-order valence-electron chi connectivity index (χ4n) is 3.34. The van der Waals surface area contributed by atoms with E-state index in [-0.39, 0.29) is 5.78 Å². The minimum absolute atomic E-state index is 0.0876. The van der Waals surface area contributed by atoms with Crippen molar-refractivity contribution in [3.63, 3.8) is 0 Å². The fourth-order valence-corrected chi connectivity index (χ4v) is 3.34. The molecule has 1 aliphatic heterocycles. The van der Waals surface area contributed by atoms with Gasteiger partial charge in [-0.15, -0.1) is 0 Å². The van der Waals surface area contributed by atoms with Gasteiger partial charge in [-0.3, -0.25) is 4.79 Å². The highest BCUT2D eigenvalue weighted by atomic mass is 16.5. The number of hydrogen-bond donors (Lipinski definition) is 3. The van der Waals surface area contributed by atoms with E-state index in [2.05, 4.69) is 5.32 Å². The zero-order valence-corrected chi connectivity index (χ0v) is 15.0. The Hall–Kier alpha value is -2.53. The molecule has 5 N–H and O–H groups in total. The number of ketones is 1. The molecule has 3 rings (SSSR count). The maximum Gasteiger partial charge on any atom is 0.193 e. The van der Waals surface area contributed by atoms with E-state index in [1.54, 1.807) is 30.3 Å². The van der Waals surface area contributed by atoms with Crippen LogP contribution in [0.4, 0.5) is 11.4 Å². The van der Waals surface area contributed by atoms with Crippen LogP contribution >= 0.6 is 0 Å². The maximum atomic E-state index is 12.6. The summed E-state index contributed by atoms with van der Waals surface area (Å²) in [5.41, 5.74) is 13.5. The average Bonchev–Trinajstić information content (AvgIpc) is 2.68. The van der Waals surface area contributed by atoms with Crippen molar-refractivity contribution in [2.45, 2.75) is 25.7 Å². The quantitative estimate of drug-likeness (QED) is 0.404. The summed E-state index contributed by atoms with van der Waals surface area (Å²) in [6, 6.07) is 12.3. The number of ether oxygens (including phenoxy) is 1. The first-order valence-electron chi connectivity index (χ1n) is 9.27. The molecule has 0 saturated carbocycles. The summed E-state index contributed by atoms with van der Waals surface area (Å²) >= 11 is 0. The zero-order valence-electron chi connectivity index (χ0n) is 15.0. The number of nitrogens with two attached hydrogens (primary N) is 2. The molecule has 1 atom stereocenters. The van der Waals surface area contributed by atoms with Crippen LogP contribution in [0.3, 0.4) is 0 Å². The van der Waals surface area contributed by atoms with Gasteiger partial charge in [0, 0.05) is 11.1 Å². The lowest BCUT2D eigenvalue weighted by Crippen LogP contribution is -2.29. The van der Waals surface area contributed by atoms with Crippen LogP contribution in [0, 0.1) is 5.92 Å². The van der Waals surface area contributed by atoms with Crippen molar-refractivity contribution in [2.24, 2.45) is 5.92 Å². The Labute approximate surface area is 154 Å². The minimum atomic E-state index is -0.0876. The standard InChI is InChI=1S/C21H27N3O2/c22-19-9-8-17(13-20(19)23)21(25)16-6-1-7-18(12-16)26-11-3-5-15-4-2-10-24-14-15/h1,6-9,12-13,15,24H,2-5,10-11,14,22-23H2. The molecule has 0 amide bonds.